The van der Waals surface area contributed by atoms with Gasteiger partial charge in [0, 0.05) is 16.7 Å². The number of ether oxygens (including phenoxy) is 2. The quantitative estimate of drug-likeness (QED) is 0.587. The van der Waals surface area contributed by atoms with Crippen molar-refractivity contribution in [2.24, 2.45) is 0 Å². The third-order valence-electron chi connectivity index (χ3n) is 4.51. The van der Waals surface area contributed by atoms with Gasteiger partial charge in [-0.05, 0) is 37.3 Å². The Kier molecular flexibility index (Phi) is 6.63. The van der Waals surface area contributed by atoms with E-state index in [0.29, 0.717) is 16.9 Å². The summed E-state index contributed by atoms with van der Waals surface area (Å²) in [5, 5.41) is 2.89. The standard InChI is InChI=1S/C24H23NO4/c1-17(21-10-6-7-11-22(21)28-2)25-23(26)16-29-20-14-12-19(13-15-20)24(27)18-8-4-3-5-9-18/h3-15,17H,16H2,1-2H3,(H,25,26). The van der Waals surface area contributed by atoms with Crippen molar-refractivity contribution in [2.45, 2.75) is 13.0 Å². The summed E-state index contributed by atoms with van der Waals surface area (Å²) in [5.74, 6) is 0.947. The third kappa shape index (κ3) is 5.23. The van der Waals surface area contributed by atoms with Crippen LogP contribution in [-0.2, 0) is 4.79 Å². The molecule has 5 nitrogen and oxygen atoms in total. The number of rotatable bonds is 8. The highest BCUT2D eigenvalue weighted by molar-refractivity contribution is 6.08. The molecule has 1 N–H and O–H groups in total. The number of methoxy groups -OCH3 is 1. The van der Waals surface area contributed by atoms with Crippen LogP contribution in [0.2, 0.25) is 0 Å². The molecule has 1 atom stereocenters. The number of amides is 1. The number of carbonyl (C=O) groups is 2. The van der Waals surface area contributed by atoms with Crippen molar-refractivity contribution in [3.8, 4) is 11.5 Å². The van der Waals surface area contributed by atoms with Crippen molar-refractivity contribution in [1.82, 2.24) is 5.32 Å². The van der Waals surface area contributed by atoms with Gasteiger partial charge in [0.15, 0.2) is 12.4 Å². The molecule has 3 aromatic carbocycles. The highest BCUT2D eigenvalue weighted by Gasteiger charge is 2.14. The minimum absolute atomic E-state index is 0.0551. The maximum absolute atomic E-state index is 12.4. The zero-order valence-electron chi connectivity index (χ0n) is 16.4. The van der Waals surface area contributed by atoms with E-state index in [1.54, 1.807) is 43.5 Å². The molecule has 29 heavy (non-hydrogen) atoms. The van der Waals surface area contributed by atoms with Crippen molar-refractivity contribution < 1.29 is 19.1 Å². The van der Waals surface area contributed by atoms with Crippen molar-refractivity contribution >= 4 is 11.7 Å². The predicted molar refractivity (Wildman–Crippen MR) is 111 cm³/mol. The van der Waals surface area contributed by atoms with Gasteiger partial charge in [0.05, 0.1) is 13.2 Å². The maximum atomic E-state index is 12.4. The van der Waals surface area contributed by atoms with Gasteiger partial charge in [0.1, 0.15) is 11.5 Å². The number of hydrogen-bond donors (Lipinski definition) is 1. The Morgan fingerprint density at radius 3 is 2.17 bits per heavy atom. The Labute approximate surface area is 170 Å². The molecular formula is C24H23NO4. The van der Waals surface area contributed by atoms with E-state index in [1.165, 1.54) is 0 Å². The van der Waals surface area contributed by atoms with Crippen LogP contribution in [-0.4, -0.2) is 25.4 Å². The zero-order chi connectivity index (χ0) is 20.6. The lowest BCUT2D eigenvalue weighted by molar-refractivity contribution is -0.123. The molecule has 0 saturated carbocycles. The van der Waals surface area contributed by atoms with Crippen molar-refractivity contribution in [3.63, 3.8) is 0 Å². The van der Waals surface area contributed by atoms with Crippen LogP contribution in [0.15, 0.2) is 78.9 Å². The maximum Gasteiger partial charge on any atom is 0.258 e. The third-order valence-corrected chi connectivity index (χ3v) is 4.51. The molecule has 0 fully saturated rings. The molecule has 0 aliphatic carbocycles. The Hall–Kier alpha value is -3.60. The first-order valence-electron chi connectivity index (χ1n) is 9.33. The largest absolute Gasteiger partial charge is 0.496 e. The molecule has 3 rings (SSSR count). The number of carbonyl (C=O) groups excluding carboxylic acids is 2. The second-order valence-corrected chi connectivity index (χ2v) is 6.54. The van der Waals surface area contributed by atoms with E-state index in [0.717, 1.165) is 11.3 Å². The van der Waals surface area contributed by atoms with Gasteiger partial charge in [-0.1, -0.05) is 48.5 Å². The molecule has 0 aliphatic heterocycles. The number of para-hydroxylation sites is 1. The fraction of sp³-hybridized carbons (Fsp3) is 0.167. The number of nitrogens with one attached hydrogen (secondary N) is 1. The topological polar surface area (TPSA) is 64.6 Å². The van der Waals surface area contributed by atoms with Crippen LogP contribution in [0.3, 0.4) is 0 Å². The minimum Gasteiger partial charge on any atom is -0.496 e. The molecular weight excluding hydrogens is 366 g/mol. The molecule has 0 spiro atoms. The lowest BCUT2D eigenvalue weighted by Gasteiger charge is -2.17. The minimum atomic E-state index is -0.243. The smallest absolute Gasteiger partial charge is 0.258 e. The average Bonchev–Trinajstić information content (AvgIpc) is 2.78. The lowest BCUT2D eigenvalue weighted by atomic mass is 10.0. The van der Waals surface area contributed by atoms with Crippen LogP contribution in [0, 0.1) is 0 Å². The van der Waals surface area contributed by atoms with Crippen LogP contribution in [0.25, 0.3) is 0 Å². The van der Waals surface area contributed by atoms with Gasteiger partial charge in [-0.15, -0.1) is 0 Å². The van der Waals surface area contributed by atoms with Gasteiger partial charge in [-0.25, -0.2) is 0 Å². The second-order valence-electron chi connectivity index (χ2n) is 6.54. The van der Waals surface area contributed by atoms with Gasteiger partial charge in [-0.3, -0.25) is 9.59 Å². The first-order chi connectivity index (χ1) is 14.1. The Bertz CT molecular complexity index is 968. The average molecular weight is 389 g/mol. The fourth-order valence-electron chi connectivity index (χ4n) is 2.99. The zero-order valence-corrected chi connectivity index (χ0v) is 16.4. The lowest BCUT2D eigenvalue weighted by Crippen LogP contribution is -2.31. The van der Waals surface area contributed by atoms with E-state index in [9.17, 15) is 9.59 Å². The molecule has 0 saturated heterocycles. The first kappa shape index (κ1) is 20.1. The Balaban J connectivity index is 1.54. The summed E-state index contributed by atoms with van der Waals surface area (Å²) < 4.78 is 10.9. The summed E-state index contributed by atoms with van der Waals surface area (Å²) in [6, 6.07) is 23.2. The van der Waals surface area contributed by atoms with E-state index >= 15 is 0 Å². The molecule has 1 unspecified atom stereocenters. The van der Waals surface area contributed by atoms with E-state index in [-0.39, 0.29) is 24.3 Å². The number of hydrogen-bond acceptors (Lipinski definition) is 4. The SMILES string of the molecule is COc1ccccc1C(C)NC(=O)COc1ccc(C(=O)c2ccccc2)cc1. The van der Waals surface area contributed by atoms with Crippen LogP contribution in [0.4, 0.5) is 0 Å². The monoisotopic (exact) mass is 389 g/mol. The second kappa shape index (κ2) is 9.55. The Morgan fingerprint density at radius 2 is 1.48 bits per heavy atom. The molecule has 0 aromatic heterocycles. The van der Waals surface area contributed by atoms with Gasteiger partial charge < -0.3 is 14.8 Å². The molecule has 1 amide bonds. The van der Waals surface area contributed by atoms with E-state index in [4.69, 9.17) is 9.47 Å². The number of benzene rings is 3. The highest BCUT2D eigenvalue weighted by atomic mass is 16.5. The van der Waals surface area contributed by atoms with Crippen LogP contribution in [0.1, 0.15) is 34.5 Å². The van der Waals surface area contributed by atoms with E-state index in [2.05, 4.69) is 5.32 Å². The molecule has 0 bridgehead atoms. The first-order valence-corrected chi connectivity index (χ1v) is 9.33. The number of ketones is 1. The molecule has 0 radical (unpaired) electrons. The summed E-state index contributed by atoms with van der Waals surface area (Å²) in [4.78, 5) is 24.6. The van der Waals surface area contributed by atoms with Crippen molar-refractivity contribution in [1.29, 1.82) is 0 Å². The molecule has 5 heteroatoms. The molecule has 0 heterocycles. The van der Waals surface area contributed by atoms with Crippen LogP contribution >= 0.6 is 0 Å². The summed E-state index contributed by atoms with van der Waals surface area (Å²) in [6.45, 7) is 1.77. The molecule has 0 aliphatic rings. The summed E-state index contributed by atoms with van der Waals surface area (Å²) in [7, 11) is 1.60. The van der Waals surface area contributed by atoms with Gasteiger partial charge in [0.25, 0.3) is 5.91 Å². The highest BCUT2D eigenvalue weighted by Crippen LogP contribution is 2.24. The van der Waals surface area contributed by atoms with Gasteiger partial charge in [-0.2, -0.15) is 0 Å². The van der Waals surface area contributed by atoms with E-state index < -0.39 is 0 Å². The normalized spacial score (nSPS) is 11.4. The van der Waals surface area contributed by atoms with Gasteiger partial charge >= 0.3 is 0 Å². The summed E-state index contributed by atoms with van der Waals surface area (Å²) >= 11 is 0. The fourth-order valence-corrected chi connectivity index (χ4v) is 2.99. The molecule has 3 aromatic rings. The predicted octanol–water partition coefficient (Wildman–Crippen LogP) is 4.18. The van der Waals surface area contributed by atoms with Crippen LogP contribution in [0.5, 0.6) is 11.5 Å². The molecule has 148 valence electrons. The Morgan fingerprint density at radius 1 is 0.862 bits per heavy atom. The van der Waals surface area contributed by atoms with Crippen molar-refractivity contribution in [2.75, 3.05) is 13.7 Å². The van der Waals surface area contributed by atoms with Crippen molar-refractivity contribution in [3.05, 3.63) is 95.6 Å². The van der Waals surface area contributed by atoms with Gasteiger partial charge in [0.2, 0.25) is 0 Å². The summed E-state index contributed by atoms with van der Waals surface area (Å²) in [6.07, 6.45) is 0. The van der Waals surface area contributed by atoms with E-state index in [1.807, 2.05) is 49.4 Å². The summed E-state index contributed by atoms with van der Waals surface area (Å²) in [5.41, 5.74) is 2.09. The van der Waals surface area contributed by atoms with Crippen LogP contribution < -0.4 is 14.8 Å².